The van der Waals surface area contributed by atoms with Gasteiger partial charge in [-0.2, -0.15) is 22.0 Å². The molecule has 0 bridgehead atoms. The van der Waals surface area contributed by atoms with Gasteiger partial charge in [0.1, 0.15) is 5.82 Å². The third-order valence-corrected chi connectivity index (χ3v) is 2.28. The summed E-state index contributed by atoms with van der Waals surface area (Å²) in [6.45, 7) is -0.522. The molecule has 0 saturated carbocycles. The van der Waals surface area contributed by atoms with Crippen LogP contribution in [-0.4, -0.2) is 24.6 Å². The van der Waals surface area contributed by atoms with Crippen LogP contribution in [0.25, 0.3) is 0 Å². The van der Waals surface area contributed by atoms with Gasteiger partial charge < -0.3 is 5.32 Å². The Morgan fingerprint density at radius 2 is 1.68 bits per heavy atom. The van der Waals surface area contributed by atoms with E-state index in [0.717, 1.165) is 6.07 Å². The number of benzene rings is 1. The predicted molar refractivity (Wildman–Crippen MR) is 54.1 cm³/mol. The molecule has 0 unspecified atom stereocenters. The Bertz CT molecular complexity index is 457. The molecule has 19 heavy (non-hydrogen) atoms. The van der Waals surface area contributed by atoms with Gasteiger partial charge in [-0.1, -0.05) is 18.2 Å². The Hall–Kier alpha value is -1.73. The van der Waals surface area contributed by atoms with Crippen molar-refractivity contribution in [3.8, 4) is 0 Å². The van der Waals surface area contributed by atoms with Crippen LogP contribution >= 0.6 is 0 Å². The Morgan fingerprint density at radius 3 is 2.21 bits per heavy atom. The van der Waals surface area contributed by atoms with E-state index in [1.165, 1.54) is 23.5 Å². The molecule has 0 atom stereocenters. The highest BCUT2D eigenvalue weighted by atomic mass is 19.4. The summed E-state index contributed by atoms with van der Waals surface area (Å²) in [6.07, 6.45) is -6.14. The Kier molecular flexibility index (Phi) is 4.43. The molecule has 0 fully saturated rings. The smallest absolute Gasteiger partial charge is 0.350 e. The molecule has 0 aliphatic carbocycles. The molecule has 0 aromatic heterocycles. The van der Waals surface area contributed by atoms with Gasteiger partial charge in [-0.15, -0.1) is 0 Å². The first-order valence-corrected chi connectivity index (χ1v) is 5.12. The molecule has 106 valence electrons. The molecule has 0 saturated heterocycles. The van der Waals surface area contributed by atoms with Crippen LogP contribution < -0.4 is 5.32 Å². The summed E-state index contributed by atoms with van der Waals surface area (Å²) in [7, 11) is 0. The fourth-order valence-corrected chi connectivity index (χ4v) is 1.25. The van der Waals surface area contributed by atoms with Gasteiger partial charge in [0.15, 0.2) is 0 Å². The van der Waals surface area contributed by atoms with E-state index in [1.807, 2.05) is 0 Å². The SMILES string of the molecule is O=C(NCCc1ccccc1F)C(F)(F)C(F)(F)F. The summed E-state index contributed by atoms with van der Waals surface area (Å²) in [5.74, 6) is -8.53. The Balaban J connectivity index is 2.55. The number of hydrogen-bond acceptors (Lipinski definition) is 1. The summed E-state index contributed by atoms with van der Waals surface area (Å²) in [4.78, 5) is 10.7. The lowest BCUT2D eigenvalue weighted by Crippen LogP contribution is -2.50. The second-order valence-corrected chi connectivity index (χ2v) is 3.67. The minimum Gasteiger partial charge on any atom is -0.350 e. The summed E-state index contributed by atoms with van der Waals surface area (Å²) in [6, 6.07) is 5.32. The quantitative estimate of drug-likeness (QED) is 0.847. The lowest BCUT2D eigenvalue weighted by Gasteiger charge is -2.18. The average molecular weight is 285 g/mol. The maximum absolute atomic E-state index is 13.1. The first-order valence-electron chi connectivity index (χ1n) is 5.12. The Labute approximate surface area is 104 Å². The monoisotopic (exact) mass is 285 g/mol. The zero-order valence-electron chi connectivity index (χ0n) is 9.40. The van der Waals surface area contributed by atoms with Crippen molar-refractivity contribution >= 4 is 5.91 Å². The second-order valence-electron chi connectivity index (χ2n) is 3.67. The average Bonchev–Trinajstić information content (AvgIpc) is 2.30. The van der Waals surface area contributed by atoms with E-state index in [4.69, 9.17) is 0 Å². The van der Waals surface area contributed by atoms with Crippen molar-refractivity contribution in [3.05, 3.63) is 35.6 Å². The van der Waals surface area contributed by atoms with Crippen molar-refractivity contribution in [2.75, 3.05) is 6.54 Å². The number of amides is 1. The number of nitrogens with one attached hydrogen (secondary N) is 1. The van der Waals surface area contributed by atoms with Crippen molar-refractivity contribution < 1.29 is 31.1 Å². The van der Waals surface area contributed by atoms with Crippen LogP contribution in [0.5, 0.6) is 0 Å². The summed E-state index contributed by atoms with van der Waals surface area (Å²) >= 11 is 0. The maximum atomic E-state index is 13.1. The third-order valence-electron chi connectivity index (χ3n) is 2.28. The van der Waals surface area contributed by atoms with Gasteiger partial charge in [0.25, 0.3) is 5.91 Å². The first kappa shape index (κ1) is 15.3. The van der Waals surface area contributed by atoms with Crippen LogP contribution in [0.4, 0.5) is 26.3 Å². The van der Waals surface area contributed by atoms with Crippen molar-refractivity contribution in [1.29, 1.82) is 0 Å². The van der Waals surface area contributed by atoms with Crippen LogP contribution in [-0.2, 0) is 11.2 Å². The maximum Gasteiger partial charge on any atom is 0.463 e. The molecular weight excluding hydrogens is 276 g/mol. The lowest BCUT2D eigenvalue weighted by atomic mass is 10.1. The van der Waals surface area contributed by atoms with E-state index >= 15 is 0 Å². The number of alkyl halides is 5. The van der Waals surface area contributed by atoms with E-state index in [9.17, 15) is 31.1 Å². The molecule has 0 aliphatic heterocycles. The highest BCUT2D eigenvalue weighted by molar-refractivity contribution is 5.84. The molecule has 1 aromatic rings. The molecule has 0 spiro atoms. The van der Waals surface area contributed by atoms with E-state index in [1.54, 1.807) is 0 Å². The molecule has 1 rings (SSSR count). The highest BCUT2D eigenvalue weighted by Crippen LogP contribution is 2.35. The fraction of sp³-hybridized carbons (Fsp3) is 0.364. The molecule has 8 heteroatoms. The molecule has 0 aliphatic rings. The zero-order valence-corrected chi connectivity index (χ0v) is 9.40. The summed E-state index contributed by atoms with van der Waals surface area (Å²) < 4.78 is 73.6. The van der Waals surface area contributed by atoms with Gasteiger partial charge in [-0.05, 0) is 18.1 Å². The summed E-state index contributed by atoms with van der Waals surface area (Å²) in [5, 5.41) is 1.43. The largest absolute Gasteiger partial charge is 0.463 e. The number of carbonyl (C=O) groups excluding carboxylic acids is 1. The Morgan fingerprint density at radius 1 is 1.11 bits per heavy atom. The number of hydrogen-bond donors (Lipinski definition) is 1. The van der Waals surface area contributed by atoms with Crippen LogP contribution in [0.1, 0.15) is 5.56 Å². The van der Waals surface area contributed by atoms with Crippen LogP contribution in [0, 0.1) is 5.82 Å². The van der Waals surface area contributed by atoms with Crippen LogP contribution in [0.15, 0.2) is 24.3 Å². The molecule has 1 aromatic carbocycles. The number of rotatable bonds is 4. The minimum atomic E-state index is -5.95. The molecule has 1 N–H and O–H groups in total. The topological polar surface area (TPSA) is 29.1 Å². The molecule has 2 nitrogen and oxygen atoms in total. The van der Waals surface area contributed by atoms with Crippen molar-refractivity contribution in [1.82, 2.24) is 5.32 Å². The van der Waals surface area contributed by atoms with Crippen LogP contribution in [0.2, 0.25) is 0 Å². The van der Waals surface area contributed by atoms with Gasteiger partial charge in [0.2, 0.25) is 0 Å². The van der Waals surface area contributed by atoms with Gasteiger partial charge in [-0.25, -0.2) is 4.39 Å². The minimum absolute atomic E-state index is 0.109. The van der Waals surface area contributed by atoms with Gasteiger partial charge in [-0.3, -0.25) is 4.79 Å². The van der Waals surface area contributed by atoms with Crippen molar-refractivity contribution in [2.45, 2.75) is 18.5 Å². The third kappa shape index (κ3) is 3.62. The predicted octanol–water partition coefficient (Wildman–Crippen LogP) is 2.68. The zero-order chi connectivity index (χ0) is 14.7. The van der Waals surface area contributed by atoms with Gasteiger partial charge in [0, 0.05) is 6.54 Å². The standard InChI is InChI=1S/C11H9F6NO/c12-8-4-2-1-3-7(8)5-6-18-9(19)10(13,14)11(15,16)17/h1-4H,5-6H2,(H,18,19). The summed E-state index contributed by atoms with van der Waals surface area (Å²) in [5.41, 5.74) is 0.109. The fourth-order valence-electron chi connectivity index (χ4n) is 1.25. The van der Waals surface area contributed by atoms with Crippen molar-refractivity contribution in [3.63, 3.8) is 0 Å². The highest BCUT2D eigenvalue weighted by Gasteiger charge is 2.63. The normalized spacial score (nSPS) is 12.3. The van der Waals surface area contributed by atoms with Gasteiger partial charge in [0.05, 0.1) is 0 Å². The van der Waals surface area contributed by atoms with Crippen molar-refractivity contribution in [2.24, 2.45) is 0 Å². The molecule has 1 amide bonds. The molecule has 0 heterocycles. The van der Waals surface area contributed by atoms with E-state index in [0.29, 0.717) is 0 Å². The second kappa shape index (κ2) is 5.50. The number of halogens is 6. The van der Waals surface area contributed by atoms with Crippen LogP contribution in [0.3, 0.4) is 0 Å². The van der Waals surface area contributed by atoms with Gasteiger partial charge >= 0.3 is 12.1 Å². The number of carbonyl (C=O) groups is 1. The van der Waals surface area contributed by atoms with E-state index in [-0.39, 0.29) is 12.0 Å². The first-order chi connectivity index (χ1) is 8.66. The lowest BCUT2D eigenvalue weighted by molar-refractivity contribution is -0.269. The molecular formula is C11H9F6NO. The molecule has 0 radical (unpaired) electrons. The van der Waals surface area contributed by atoms with E-state index in [2.05, 4.69) is 0 Å². The van der Waals surface area contributed by atoms with E-state index < -0.39 is 30.4 Å².